The van der Waals surface area contributed by atoms with Crippen molar-refractivity contribution in [2.75, 3.05) is 19.0 Å². The second kappa shape index (κ2) is 5.54. The van der Waals surface area contributed by atoms with Gasteiger partial charge in [-0.25, -0.2) is 0 Å². The van der Waals surface area contributed by atoms with Crippen molar-refractivity contribution in [2.45, 2.75) is 20.8 Å². The predicted octanol–water partition coefficient (Wildman–Crippen LogP) is 2.48. The van der Waals surface area contributed by atoms with Crippen molar-refractivity contribution in [3.63, 3.8) is 0 Å². The van der Waals surface area contributed by atoms with E-state index in [0.717, 1.165) is 11.3 Å². The lowest BCUT2D eigenvalue weighted by atomic mass is 9.93. The monoisotopic (exact) mass is 246 g/mol. The minimum Gasteiger partial charge on any atom is -0.469 e. The topological polar surface area (TPSA) is 62.1 Å². The molecule has 0 aliphatic rings. The van der Waals surface area contributed by atoms with E-state index >= 15 is 0 Å². The van der Waals surface area contributed by atoms with Gasteiger partial charge in [-0.2, -0.15) is 5.26 Å². The molecule has 0 heterocycles. The number of hydrogen-bond acceptors (Lipinski definition) is 4. The zero-order valence-corrected chi connectivity index (χ0v) is 11.2. The van der Waals surface area contributed by atoms with Crippen LogP contribution in [-0.2, 0) is 9.53 Å². The van der Waals surface area contributed by atoms with Gasteiger partial charge >= 0.3 is 5.97 Å². The van der Waals surface area contributed by atoms with Gasteiger partial charge in [0.25, 0.3) is 0 Å². The summed E-state index contributed by atoms with van der Waals surface area (Å²) in [5.74, 6) is -0.277. The molecule has 1 rings (SSSR count). The molecule has 18 heavy (non-hydrogen) atoms. The van der Waals surface area contributed by atoms with E-state index in [2.05, 4.69) is 11.4 Å². The molecule has 0 saturated heterocycles. The van der Waals surface area contributed by atoms with Crippen LogP contribution in [-0.4, -0.2) is 19.6 Å². The van der Waals surface area contributed by atoms with E-state index in [-0.39, 0.29) is 5.97 Å². The molecule has 0 amide bonds. The quantitative estimate of drug-likeness (QED) is 0.829. The molecule has 0 spiro atoms. The lowest BCUT2D eigenvalue weighted by molar-refractivity contribution is -0.149. The number of nitrogens with zero attached hydrogens (tertiary/aromatic N) is 1. The van der Waals surface area contributed by atoms with Gasteiger partial charge in [0.05, 0.1) is 23.8 Å². The summed E-state index contributed by atoms with van der Waals surface area (Å²) < 4.78 is 4.74. The number of carbonyl (C=O) groups is 1. The zero-order chi connectivity index (χ0) is 13.8. The number of ether oxygens (including phenoxy) is 1. The number of carbonyl (C=O) groups excluding carboxylic acids is 1. The molecule has 0 aromatic heterocycles. The van der Waals surface area contributed by atoms with Crippen molar-refractivity contribution in [2.24, 2.45) is 5.41 Å². The Bertz CT molecular complexity index is 487. The zero-order valence-electron chi connectivity index (χ0n) is 11.2. The molecule has 0 aliphatic carbocycles. The summed E-state index contributed by atoms with van der Waals surface area (Å²) in [5, 5.41) is 12.2. The fourth-order valence-corrected chi connectivity index (χ4v) is 1.63. The van der Waals surface area contributed by atoms with Crippen LogP contribution in [0.1, 0.15) is 25.0 Å². The first-order chi connectivity index (χ1) is 8.42. The van der Waals surface area contributed by atoms with Gasteiger partial charge in [0.15, 0.2) is 0 Å². The number of methoxy groups -OCH3 is 1. The summed E-state index contributed by atoms with van der Waals surface area (Å²) in [6.45, 7) is 5.90. The highest BCUT2D eigenvalue weighted by molar-refractivity contribution is 5.76. The third-order valence-electron chi connectivity index (χ3n) is 2.84. The van der Waals surface area contributed by atoms with Gasteiger partial charge in [-0.15, -0.1) is 0 Å². The molecule has 0 saturated carbocycles. The Balaban J connectivity index is 2.85. The standard InChI is InChI=1S/C14H18N2O2/c1-10-6-5-7-12(11(10)8-15)16-9-14(2,3)13(17)18-4/h5-7,16H,9H2,1-4H3. The highest BCUT2D eigenvalue weighted by atomic mass is 16.5. The number of esters is 1. The molecule has 0 radical (unpaired) electrons. The molecule has 1 aromatic rings. The summed E-state index contributed by atoms with van der Waals surface area (Å²) in [4.78, 5) is 11.5. The molecule has 0 fully saturated rings. The van der Waals surface area contributed by atoms with Crippen LogP contribution in [0.5, 0.6) is 0 Å². The molecule has 0 unspecified atom stereocenters. The van der Waals surface area contributed by atoms with Gasteiger partial charge in [-0.1, -0.05) is 12.1 Å². The Labute approximate surface area is 108 Å². The Morgan fingerprint density at radius 2 is 2.17 bits per heavy atom. The lowest BCUT2D eigenvalue weighted by Gasteiger charge is -2.23. The van der Waals surface area contributed by atoms with Crippen LogP contribution in [0.3, 0.4) is 0 Å². The van der Waals surface area contributed by atoms with Crippen LogP contribution in [0.2, 0.25) is 0 Å². The Hall–Kier alpha value is -2.02. The highest BCUT2D eigenvalue weighted by Crippen LogP contribution is 2.22. The molecule has 0 atom stereocenters. The Kier molecular flexibility index (Phi) is 4.33. The van der Waals surface area contributed by atoms with E-state index < -0.39 is 5.41 Å². The summed E-state index contributed by atoms with van der Waals surface area (Å²) >= 11 is 0. The normalized spacial score (nSPS) is 10.6. The van der Waals surface area contributed by atoms with Gasteiger partial charge in [0.2, 0.25) is 0 Å². The number of hydrogen-bond donors (Lipinski definition) is 1. The van der Waals surface area contributed by atoms with E-state index in [1.165, 1.54) is 7.11 Å². The van der Waals surface area contributed by atoms with E-state index in [9.17, 15) is 4.79 Å². The molecule has 4 nitrogen and oxygen atoms in total. The lowest BCUT2D eigenvalue weighted by Crippen LogP contribution is -2.33. The van der Waals surface area contributed by atoms with Crippen molar-refractivity contribution in [1.82, 2.24) is 0 Å². The number of rotatable bonds is 4. The summed E-state index contributed by atoms with van der Waals surface area (Å²) in [5.41, 5.74) is 1.64. The summed E-state index contributed by atoms with van der Waals surface area (Å²) in [6, 6.07) is 7.76. The average Bonchev–Trinajstić information content (AvgIpc) is 2.35. The van der Waals surface area contributed by atoms with Gasteiger partial charge in [0.1, 0.15) is 6.07 Å². The third kappa shape index (κ3) is 3.01. The van der Waals surface area contributed by atoms with Crippen LogP contribution in [0.4, 0.5) is 5.69 Å². The van der Waals surface area contributed by atoms with E-state index in [1.54, 1.807) is 13.8 Å². The maximum absolute atomic E-state index is 11.5. The van der Waals surface area contributed by atoms with Crippen molar-refractivity contribution >= 4 is 11.7 Å². The molecule has 96 valence electrons. The number of benzene rings is 1. The molecule has 1 N–H and O–H groups in total. The maximum Gasteiger partial charge on any atom is 0.313 e. The molecule has 0 aliphatic heterocycles. The molecular formula is C14H18N2O2. The summed E-state index contributed by atoms with van der Waals surface area (Å²) in [6.07, 6.45) is 0. The fraction of sp³-hybridized carbons (Fsp3) is 0.429. The highest BCUT2D eigenvalue weighted by Gasteiger charge is 2.28. The first-order valence-corrected chi connectivity index (χ1v) is 5.74. The van der Waals surface area contributed by atoms with Crippen LogP contribution in [0.25, 0.3) is 0 Å². The van der Waals surface area contributed by atoms with Crippen molar-refractivity contribution < 1.29 is 9.53 Å². The largest absolute Gasteiger partial charge is 0.469 e. The number of anilines is 1. The van der Waals surface area contributed by atoms with Crippen LogP contribution in [0, 0.1) is 23.7 Å². The smallest absolute Gasteiger partial charge is 0.313 e. The average molecular weight is 246 g/mol. The molecule has 0 bridgehead atoms. The van der Waals surface area contributed by atoms with Crippen molar-refractivity contribution in [1.29, 1.82) is 5.26 Å². The van der Waals surface area contributed by atoms with Gasteiger partial charge < -0.3 is 10.1 Å². The number of nitriles is 1. The first kappa shape index (κ1) is 14.0. The second-order valence-electron chi connectivity index (χ2n) is 4.84. The predicted molar refractivity (Wildman–Crippen MR) is 70.2 cm³/mol. The van der Waals surface area contributed by atoms with Crippen LogP contribution in [0.15, 0.2) is 18.2 Å². The minimum atomic E-state index is -0.634. The van der Waals surface area contributed by atoms with Gasteiger partial charge in [-0.3, -0.25) is 4.79 Å². The van der Waals surface area contributed by atoms with Crippen molar-refractivity contribution in [3.8, 4) is 6.07 Å². The third-order valence-corrected chi connectivity index (χ3v) is 2.84. The van der Waals surface area contributed by atoms with Crippen LogP contribution >= 0.6 is 0 Å². The Morgan fingerprint density at radius 1 is 1.50 bits per heavy atom. The van der Waals surface area contributed by atoms with E-state index in [0.29, 0.717) is 12.1 Å². The number of nitrogens with one attached hydrogen (secondary N) is 1. The molecule has 4 heteroatoms. The second-order valence-corrected chi connectivity index (χ2v) is 4.84. The molecular weight excluding hydrogens is 228 g/mol. The maximum atomic E-state index is 11.5. The van der Waals surface area contributed by atoms with Crippen LogP contribution < -0.4 is 5.32 Å². The van der Waals surface area contributed by atoms with E-state index in [1.807, 2.05) is 25.1 Å². The van der Waals surface area contributed by atoms with Gasteiger partial charge in [-0.05, 0) is 32.4 Å². The minimum absolute atomic E-state index is 0.277. The van der Waals surface area contributed by atoms with Gasteiger partial charge in [0, 0.05) is 6.54 Å². The van der Waals surface area contributed by atoms with E-state index in [4.69, 9.17) is 10.00 Å². The van der Waals surface area contributed by atoms with Crippen molar-refractivity contribution in [3.05, 3.63) is 29.3 Å². The Morgan fingerprint density at radius 3 is 2.72 bits per heavy atom. The number of aryl methyl sites for hydroxylation is 1. The molecule has 1 aromatic carbocycles. The fourth-order valence-electron chi connectivity index (χ4n) is 1.63. The first-order valence-electron chi connectivity index (χ1n) is 5.74. The SMILES string of the molecule is COC(=O)C(C)(C)CNc1cccc(C)c1C#N. The summed E-state index contributed by atoms with van der Waals surface area (Å²) in [7, 11) is 1.37.